The van der Waals surface area contributed by atoms with Gasteiger partial charge in [-0.1, -0.05) is 0 Å². The molecule has 36 heavy (non-hydrogen) atoms. The van der Waals surface area contributed by atoms with Crippen LogP contribution in [0.5, 0.6) is 5.75 Å². The molecule has 1 amide bonds. The molecule has 1 aliphatic heterocycles. The van der Waals surface area contributed by atoms with Crippen molar-refractivity contribution in [2.45, 2.75) is 38.0 Å². The van der Waals surface area contributed by atoms with Crippen LogP contribution in [-0.4, -0.2) is 50.3 Å². The van der Waals surface area contributed by atoms with E-state index in [4.69, 9.17) is 10.5 Å². The zero-order valence-corrected chi connectivity index (χ0v) is 18.8. The summed E-state index contributed by atoms with van der Waals surface area (Å²) in [6, 6.07) is 6.38. The number of aromatic nitrogens is 3. The maximum absolute atomic E-state index is 14.6. The number of amides is 1. The molecule has 12 heteroatoms. The molecule has 0 radical (unpaired) electrons. The van der Waals surface area contributed by atoms with Crippen LogP contribution in [0.3, 0.4) is 0 Å². The Morgan fingerprint density at radius 1 is 1.22 bits per heavy atom. The van der Waals surface area contributed by atoms with Crippen LogP contribution in [0.4, 0.5) is 23.4 Å². The standard InChI is InChI=1S/C24H19F4N5O3/c1-11-9-32(21-14-7-15(25)19(36-24(26,27)28)5-13(14)6-20(21)35-11)23(34)12-2-3-16-17(4-12)33-10-30-8-18(33)22(29)31-16/h2-5,7-8,10-11,20-21H,6,9H2,1H3,(H2,29,31)/t11-,20-,21+/m1/s1. The Morgan fingerprint density at radius 3 is 2.81 bits per heavy atom. The summed E-state index contributed by atoms with van der Waals surface area (Å²) >= 11 is 0. The first-order valence-corrected chi connectivity index (χ1v) is 11.1. The van der Waals surface area contributed by atoms with E-state index in [1.165, 1.54) is 0 Å². The third-order valence-electron chi connectivity index (χ3n) is 6.59. The highest BCUT2D eigenvalue weighted by atomic mass is 19.4. The quantitative estimate of drug-likeness (QED) is 0.417. The van der Waals surface area contributed by atoms with E-state index in [-0.39, 0.29) is 25.0 Å². The first kappa shape index (κ1) is 22.5. The Bertz CT molecular complexity index is 1540. The fraction of sp³-hybridized carbons (Fsp3) is 0.292. The van der Waals surface area contributed by atoms with Crippen LogP contribution in [0.15, 0.2) is 42.9 Å². The van der Waals surface area contributed by atoms with Crippen molar-refractivity contribution in [1.82, 2.24) is 19.3 Å². The van der Waals surface area contributed by atoms with Crippen LogP contribution in [-0.2, 0) is 11.2 Å². The SMILES string of the molecule is C[C@@H]1CN(C(=O)c2ccc3nc(N)c4cncn4c3c2)[C@H]2c3cc(F)c(OC(F)(F)F)cc3C[C@H]2O1. The van der Waals surface area contributed by atoms with Gasteiger partial charge in [0.2, 0.25) is 0 Å². The van der Waals surface area contributed by atoms with Crippen LogP contribution in [0.2, 0.25) is 0 Å². The Morgan fingerprint density at radius 2 is 2.03 bits per heavy atom. The molecule has 2 aromatic carbocycles. The van der Waals surface area contributed by atoms with E-state index >= 15 is 0 Å². The largest absolute Gasteiger partial charge is 0.573 e. The monoisotopic (exact) mass is 501 g/mol. The molecule has 2 aliphatic rings. The topological polar surface area (TPSA) is 95.0 Å². The smallest absolute Gasteiger partial charge is 0.403 e. The van der Waals surface area contributed by atoms with Crippen LogP contribution in [0.1, 0.15) is 34.5 Å². The number of morpholine rings is 1. The maximum Gasteiger partial charge on any atom is 0.573 e. The number of alkyl halides is 3. The number of carbonyl (C=O) groups excluding carboxylic acids is 1. The van der Waals surface area contributed by atoms with Gasteiger partial charge in [0.1, 0.15) is 11.3 Å². The van der Waals surface area contributed by atoms with Crippen molar-refractivity contribution in [3.63, 3.8) is 0 Å². The van der Waals surface area contributed by atoms with E-state index in [1.54, 1.807) is 46.9 Å². The number of benzene rings is 2. The normalized spacial score (nSPS) is 21.6. The van der Waals surface area contributed by atoms with E-state index in [1.807, 2.05) is 0 Å². The van der Waals surface area contributed by atoms with Crippen molar-refractivity contribution in [2.75, 3.05) is 12.3 Å². The Hall–Kier alpha value is -3.93. The van der Waals surface area contributed by atoms with E-state index in [2.05, 4.69) is 14.7 Å². The summed E-state index contributed by atoms with van der Waals surface area (Å²) < 4.78 is 64.3. The molecule has 0 bridgehead atoms. The summed E-state index contributed by atoms with van der Waals surface area (Å²) in [6.45, 7) is 2.03. The van der Waals surface area contributed by atoms with E-state index in [9.17, 15) is 22.4 Å². The van der Waals surface area contributed by atoms with Gasteiger partial charge in [-0.25, -0.2) is 14.4 Å². The number of halogens is 4. The lowest BCUT2D eigenvalue weighted by atomic mass is 10.0. The molecule has 2 N–H and O–H groups in total. The average Bonchev–Trinajstić information content (AvgIpc) is 3.43. The second-order valence-electron chi connectivity index (χ2n) is 8.97. The van der Waals surface area contributed by atoms with Gasteiger partial charge in [0.25, 0.3) is 5.91 Å². The van der Waals surface area contributed by atoms with Gasteiger partial charge in [0.05, 0.1) is 41.8 Å². The number of nitrogen functional groups attached to an aromatic ring is 1. The van der Waals surface area contributed by atoms with Crippen molar-refractivity contribution in [3.8, 4) is 5.75 Å². The second kappa shape index (κ2) is 7.79. The number of hydrogen-bond acceptors (Lipinski definition) is 6. The lowest BCUT2D eigenvalue weighted by molar-refractivity contribution is -0.275. The predicted octanol–water partition coefficient (Wildman–Crippen LogP) is 4.03. The number of rotatable bonds is 2. The van der Waals surface area contributed by atoms with E-state index in [0.29, 0.717) is 39.1 Å². The number of carbonyl (C=O) groups is 1. The van der Waals surface area contributed by atoms with Gasteiger partial charge < -0.3 is 20.1 Å². The van der Waals surface area contributed by atoms with Crippen molar-refractivity contribution in [1.29, 1.82) is 0 Å². The third kappa shape index (κ3) is 3.60. The number of nitrogens with two attached hydrogens (primary N) is 1. The summed E-state index contributed by atoms with van der Waals surface area (Å²) in [4.78, 5) is 23.8. The summed E-state index contributed by atoms with van der Waals surface area (Å²) in [5.41, 5.74) is 9.01. The van der Waals surface area contributed by atoms with Crippen molar-refractivity contribution in [3.05, 3.63) is 65.4 Å². The minimum absolute atomic E-state index is 0.221. The van der Waals surface area contributed by atoms with Crippen molar-refractivity contribution in [2.24, 2.45) is 0 Å². The summed E-state index contributed by atoms with van der Waals surface area (Å²) in [6.07, 6.45) is -2.51. The highest BCUT2D eigenvalue weighted by molar-refractivity contribution is 5.98. The first-order chi connectivity index (χ1) is 17.1. The van der Waals surface area contributed by atoms with Crippen LogP contribution in [0.25, 0.3) is 16.6 Å². The molecule has 4 aromatic rings. The Labute approximate surface area is 201 Å². The molecule has 6 rings (SSSR count). The van der Waals surface area contributed by atoms with Crippen LogP contribution in [0, 0.1) is 5.82 Å². The van der Waals surface area contributed by atoms with Gasteiger partial charge in [0, 0.05) is 18.5 Å². The van der Waals surface area contributed by atoms with Gasteiger partial charge in [-0.2, -0.15) is 0 Å². The highest BCUT2D eigenvalue weighted by Crippen LogP contribution is 2.44. The lowest BCUT2D eigenvalue weighted by Gasteiger charge is -2.41. The minimum Gasteiger partial charge on any atom is -0.403 e. The summed E-state index contributed by atoms with van der Waals surface area (Å²) in [5, 5.41) is 0. The number of ether oxygens (including phenoxy) is 2. The maximum atomic E-state index is 14.6. The number of fused-ring (bicyclic) bond motifs is 6. The average molecular weight is 501 g/mol. The molecular weight excluding hydrogens is 482 g/mol. The van der Waals surface area contributed by atoms with Crippen LogP contribution >= 0.6 is 0 Å². The number of imidazole rings is 1. The van der Waals surface area contributed by atoms with Crippen molar-refractivity contribution >= 4 is 28.3 Å². The fourth-order valence-electron chi connectivity index (χ4n) is 5.20. The predicted molar refractivity (Wildman–Crippen MR) is 120 cm³/mol. The molecule has 2 aromatic heterocycles. The molecule has 1 saturated heterocycles. The number of hydrogen-bond donors (Lipinski definition) is 1. The van der Waals surface area contributed by atoms with Gasteiger partial charge in [-0.05, 0) is 48.4 Å². The zero-order chi connectivity index (χ0) is 25.4. The molecule has 0 spiro atoms. The van der Waals surface area contributed by atoms with E-state index < -0.39 is 30.1 Å². The molecular formula is C24H19F4N5O3. The molecule has 3 atom stereocenters. The minimum atomic E-state index is -5.02. The second-order valence-corrected chi connectivity index (χ2v) is 8.97. The Balaban J connectivity index is 1.40. The first-order valence-electron chi connectivity index (χ1n) is 11.1. The molecule has 0 saturated carbocycles. The van der Waals surface area contributed by atoms with Gasteiger partial charge in [-0.3, -0.25) is 9.20 Å². The summed E-state index contributed by atoms with van der Waals surface area (Å²) in [7, 11) is 0. The molecule has 1 fully saturated rings. The zero-order valence-electron chi connectivity index (χ0n) is 18.8. The molecule has 1 aliphatic carbocycles. The number of anilines is 1. The lowest BCUT2D eigenvalue weighted by Crippen LogP contribution is -2.50. The molecule has 186 valence electrons. The third-order valence-corrected chi connectivity index (χ3v) is 6.59. The Kier molecular flexibility index (Phi) is 4.87. The molecule has 8 nitrogen and oxygen atoms in total. The van der Waals surface area contributed by atoms with Gasteiger partial charge in [0.15, 0.2) is 11.6 Å². The van der Waals surface area contributed by atoms with Crippen LogP contribution < -0.4 is 10.5 Å². The molecule has 0 unspecified atom stereocenters. The highest BCUT2D eigenvalue weighted by Gasteiger charge is 2.45. The number of nitrogens with zero attached hydrogens (tertiary/aromatic N) is 4. The summed E-state index contributed by atoms with van der Waals surface area (Å²) in [5.74, 6) is -2.08. The fourth-order valence-corrected chi connectivity index (χ4v) is 5.20. The van der Waals surface area contributed by atoms with Gasteiger partial charge in [-0.15, -0.1) is 13.2 Å². The molecule has 3 heterocycles. The van der Waals surface area contributed by atoms with Crippen molar-refractivity contribution < 1.29 is 31.8 Å². The van der Waals surface area contributed by atoms with Gasteiger partial charge >= 0.3 is 6.36 Å². The van der Waals surface area contributed by atoms with E-state index in [0.717, 1.165) is 12.1 Å².